The molecule has 0 radical (unpaired) electrons. The van der Waals surface area contributed by atoms with Gasteiger partial charge in [-0.3, -0.25) is 14.8 Å². The van der Waals surface area contributed by atoms with E-state index in [4.69, 9.17) is 11.6 Å². The van der Waals surface area contributed by atoms with Crippen molar-refractivity contribution in [1.82, 2.24) is 10.2 Å². The molecule has 3 rings (SSSR count). The Labute approximate surface area is 172 Å². The molecule has 3 aromatic rings. The van der Waals surface area contributed by atoms with Crippen LogP contribution < -0.4 is 10.0 Å². The predicted molar refractivity (Wildman–Crippen MR) is 109 cm³/mol. The number of nitrogens with zero attached hydrogens (tertiary/aromatic N) is 2. The summed E-state index contributed by atoms with van der Waals surface area (Å²) in [5, 5.41) is 10.2. The third kappa shape index (κ3) is 4.50. The number of carbonyl (C=O) groups excluding carboxylic acids is 1. The lowest BCUT2D eigenvalue weighted by Gasteiger charge is -2.04. The van der Waals surface area contributed by atoms with Gasteiger partial charge in [0, 0.05) is 9.26 Å². The van der Waals surface area contributed by atoms with E-state index in [1.807, 2.05) is 0 Å². The Morgan fingerprint density at radius 2 is 1.77 bits per heavy atom. The number of hydrogen-bond acceptors (Lipinski definition) is 6. The molecule has 1 amide bonds. The SMILES string of the molecule is O=C(Nc1nnc(S(=O)(=O)Nc2ccc(I)cc2)s1)c1ccccc1Cl. The third-order valence-electron chi connectivity index (χ3n) is 3.07. The van der Waals surface area contributed by atoms with Gasteiger partial charge in [-0.15, -0.1) is 10.2 Å². The van der Waals surface area contributed by atoms with Crippen LogP contribution >= 0.6 is 45.5 Å². The van der Waals surface area contributed by atoms with Crippen molar-refractivity contribution in [1.29, 1.82) is 0 Å². The molecular formula is C15H10ClIN4O3S2. The zero-order valence-corrected chi connectivity index (χ0v) is 17.4. The number of halogens is 2. The molecule has 0 unspecified atom stereocenters. The largest absolute Gasteiger partial charge is 0.296 e. The number of benzene rings is 2. The van der Waals surface area contributed by atoms with E-state index in [-0.39, 0.29) is 20.1 Å². The van der Waals surface area contributed by atoms with Crippen LogP contribution in [0.1, 0.15) is 10.4 Å². The number of rotatable bonds is 5. The number of aromatic nitrogens is 2. The molecule has 0 saturated heterocycles. The Kier molecular flexibility index (Phi) is 5.75. The smallest absolute Gasteiger partial charge is 0.291 e. The molecule has 0 bridgehead atoms. The molecule has 2 aromatic carbocycles. The average Bonchev–Trinajstić information content (AvgIpc) is 3.06. The van der Waals surface area contributed by atoms with Gasteiger partial charge in [-0.1, -0.05) is 35.1 Å². The van der Waals surface area contributed by atoms with Gasteiger partial charge in [-0.2, -0.15) is 8.42 Å². The van der Waals surface area contributed by atoms with Gasteiger partial charge in [0.1, 0.15) is 0 Å². The van der Waals surface area contributed by atoms with Gasteiger partial charge in [-0.25, -0.2) is 0 Å². The fourth-order valence-corrected chi connectivity index (χ4v) is 4.43. The summed E-state index contributed by atoms with van der Waals surface area (Å²) < 4.78 is 27.9. The summed E-state index contributed by atoms with van der Waals surface area (Å²) in [6.45, 7) is 0. The molecular weight excluding hydrogens is 511 g/mol. The van der Waals surface area contributed by atoms with Gasteiger partial charge in [0.15, 0.2) is 0 Å². The summed E-state index contributed by atoms with van der Waals surface area (Å²) in [5.74, 6) is -0.499. The molecule has 0 aliphatic carbocycles. The zero-order chi connectivity index (χ0) is 18.7. The predicted octanol–water partition coefficient (Wildman–Crippen LogP) is 3.85. The Morgan fingerprint density at radius 3 is 2.46 bits per heavy atom. The Balaban J connectivity index is 1.75. The van der Waals surface area contributed by atoms with Crippen LogP contribution in [0.4, 0.5) is 10.8 Å². The number of anilines is 2. The van der Waals surface area contributed by atoms with Crippen molar-refractivity contribution in [2.75, 3.05) is 10.0 Å². The maximum atomic E-state index is 12.4. The second kappa shape index (κ2) is 7.86. The number of sulfonamides is 1. The van der Waals surface area contributed by atoms with Crippen molar-refractivity contribution >= 4 is 72.3 Å². The van der Waals surface area contributed by atoms with Crippen LogP contribution in [0.2, 0.25) is 5.02 Å². The van der Waals surface area contributed by atoms with Gasteiger partial charge in [0.2, 0.25) is 5.13 Å². The molecule has 11 heteroatoms. The van der Waals surface area contributed by atoms with Crippen molar-refractivity contribution in [2.24, 2.45) is 0 Å². The molecule has 0 atom stereocenters. The number of hydrogen-bond donors (Lipinski definition) is 2. The fraction of sp³-hybridized carbons (Fsp3) is 0. The number of amides is 1. The lowest BCUT2D eigenvalue weighted by molar-refractivity contribution is 0.102. The van der Waals surface area contributed by atoms with Gasteiger partial charge in [0.25, 0.3) is 20.3 Å². The highest BCUT2D eigenvalue weighted by Gasteiger charge is 2.21. The van der Waals surface area contributed by atoms with Crippen molar-refractivity contribution in [3.05, 3.63) is 62.7 Å². The molecule has 0 aliphatic rings. The second-order valence-corrected chi connectivity index (χ2v) is 9.41. The highest BCUT2D eigenvalue weighted by molar-refractivity contribution is 14.1. The van der Waals surface area contributed by atoms with Crippen LogP contribution in [-0.4, -0.2) is 24.5 Å². The first-order chi connectivity index (χ1) is 12.3. The second-order valence-electron chi connectivity index (χ2n) is 4.92. The van der Waals surface area contributed by atoms with Crippen LogP contribution in [0.25, 0.3) is 0 Å². The first-order valence-electron chi connectivity index (χ1n) is 7.03. The van der Waals surface area contributed by atoms with E-state index in [0.29, 0.717) is 5.69 Å². The Hall–Kier alpha value is -1.76. The fourth-order valence-electron chi connectivity index (χ4n) is 1.90. The topological polar surface area (TPSA) is 101 Å². The minimum absolute atomic E-state index is 0.0536. The molecule has 2 N–H and O–H groups in total. The minimum Gasteiger partial charge on any atom is -0.296 e. The molecule has 7 nitrogen and oxygen atoms in total. The standard InChI is InChI=1S/C15H10ClIN4O3S2/c16-12-4-2-1-3-11(12)13(22)18-14-19-20-15(25-14)26(23,24)21-10-7-5-9(17)6-8-10/h1-8,21H,(H,18,19,22). The Morgan fingerprint density at radius 1 is 1.08 bits per heavy atom. The number of carbonyl (C=O) groups is 1. The van der Waals surface area contributed by atoms with Crippen LogP contribution in [-0.2, 0) is 10.0 Å². The maximum absolute atomic E-state index is 12.4. The molecule has 0 spiro atoms. The van der Waals surface area contributed by atoms with E-state index in [1.165, 1.54) is 0 Å². The highest BCUT2D eigenvalue weighted by Crippen LogP contribution is 2.24. The first kappa shape index (κ1) is 19.0. The molecule has 1 aromatic heterocycles. The summed E-state index contributed by atoms with van der Waals surface area (Å²) in [5.41, 5.74) is 0.660. The molecule has 0 aliphatic heterocycles. The molecule has 134 valence electrons. The van der Waals surface area contributed by atoms with E-state index in [0.717, 1.165) is 14.9 Å². The van der Waals surface area contributed by atoms with E-state index >= 15 is 0 Å². The van der Waals surface area contributed by atoms with Gasteiger partial charge in [0.05, 0.1) is 10.6 Å². The number of nitrogens with one attached hydrogen (secondary N) is 2. The van der Waals surface area contributed by atoms with Crippen molar-refractivity contribution in [2.45, 2.75) is 4.34 Å². The van der Waals surface area contributed by atoms with Crippen LogP contribution in [0.5, 0.6) is 0 Å². The quantitative estimate of drug-likeness (QED) is 0.393. The normalized spacial score (nSPS) is 11.2. The average molecular weight is 521 g/mol. The van der Waals surface area contributed by atoms with E-state index in [1.54, 1.807) is 48.5 Å². The van der Waals surface area contributed by atoms with E-state index in [9.17, 15) is 13.2 Å². The Bertz CT molecular complexity index is 1050. The monoisotopic (exact) mass is 520 g/mol. The zero-order valence-electron chi connectivity index (χ0n) is 12.8. The van der Waals surface area contributed by atoms with Crippen LogP contribution in [0, 0.1) is 3.57 Å². The molecule has 26 heavy (non-hydrogen) atoms. The molecule has 0 fully saturated rings. The summed E-state index contributed by atoms with van der Waals surface area (Å²) >= 11 is 8.83. The van der Waals surface area contributed by atoms with E-state index in [2.05, 4.69) is 42.8 Å². The third-order valence-corrected chi connectivity index (χ3v) is 6.71. The van der Waals surface area contributed by atoms with Gasteiger partial charge in [-0.05, 0) is 59.0 Å². The van der Waals surface area contributed by atoms with Crippen LogP contribution in [0.3, 0.4) is 0 Å². The van der Waals surface area contributed by atoms with Gasteiger partial charge >= 0.3 is 0 Å². The summed E-state index contributed by atoms with van der Waals surface area (Å²) in [6.07, 6.45) is 0. The van der Waals surface area contributed by atoms with Gasteiger partial charge < -0.3 is 0 Å². The summed E-state index contributed by atoms with van der Waals surface area (Å²) in [4.78, 5) is 12.2. The molecule has 0 saturated carbocycles. The van der Waals surface area contributed by atoms with Crippen molar-refractivity contribution in [3.8, 4) is 0 Å². The minimum atomic E-state index is -3.90. The summed E-state index contributed by atoms with van der Waals surface area (Å²) in [6, 6.07) is 13.3. The van der Waals surface area contributed by atoms with Crippen LogP contribution in [0.15, 0.2) is 52.9 Å². The molecule has 1 heterocycles. The lowest BCUT2D eigenvalue weighted by Crippen LogP contribution is -2.12. The highest BCUT2D eigenvalue weighted by atomic mass is 127. The van der Waals surface area contributed by atoms with Crippen molar-refractivity contribution < 1.29 is 13.2 Å². The van der Waals surface area contributed by atoms with E-state index < -0.39 is 15.9 Å². The maximum Gasteiger partial charge on any atom is 0.291 e. The summed E-state index contributed by atoms with van der Waals surface area (Å²) in [7, 11) is -3.90. The first-order valence-corrected chi connectivity index (χ1v) is 10.8. The van der Waals surface area contributed by atoms with Crippen molar-refractivity contribution in [3.63, 3.8) is 0 Å². The lowest BCUT2D eigenvalue weighted by atomic mass is 10.2.